The molecule has 0 spiro atoms. The van der Waals surface area contributed by atoms with E-state index in [0.717, 1.165) is 38.3 Å². The molecule has 1 aromatic rings. The van der Waals surface area contributed by atoms with Gasteiger partial charge in [0.15, 0.2) is 0 Å². The second-order valence-corrected chi connectivity index (χ2v) is 5.81. The number of benzene rings is 1. The maximum Gasteiger partial charge on any atom is 0.119 e. The third-order valence-corrected chi connectivity index (χ3v) is 3.95. The number of hydrogen-bond acceptors (Lipinski definition) is 3. The van der Waals surface area contributed by atoms with E-state index in [2.05, 4.69) is 43.4 Å². The summed E-state index contributed by atoms with van der Waals surface area (Å²) in [5.74, 6) is 0.953. The summed E-state index contributed by atoms with van der Waals surface area (Å²) >= 11 is 0. The first-order valence-corrected chi connectivity index (χ1v) is 8.41. The zero-order chi connectivity index (χ0) is 14.9. The van der Waals surface area contributed by atoms with E-state index < -0.39 is 0 Å². The molecule has 0 aliphatic heterocycles. The van der Waals surface area contributed by atoms with Gasteiger partial charge >= 0.3 is 0 Å². The lowest BCUT2D eigenvalue weighted by Gasteiger charge is -2.28. The smallest absolute Gasteiger partial charge is 0.119 e. The van der Waals surface area contributed by atoms with Crippen LogP contribution in [-0.4, -0.2) is 25.9 Å². The molecule has 0 aromatic heterocycles. The van der Waals surface area contributed by atoms with E-state index in [9.17, 15) is 0 Å². The fourth-order valence-electron chi connectivity index (χ4n) is 2.38. The highest BCUT2D eigenvalue weighted by atomic mass is 16.5. The minimum atomic E-state index is 0.283. The Kier molecular flexibility index (Phi) is 7.04. The molecule has 1 aliphatic carbocycles. The molecule has 1 saturated carbocycles. The molecular weight excluding hydrogens is 262 g/mol. The van der Waals surface area contributed by atoms with Gasteiger partial charge in [0.2, 0.25) is 0 Å². The monoisotopic (exact) mass is 291 g/mol. The molecule has 1 fully saturated rings. The van der Waals surface area contributed by atoms with Crippen LogP contribution >= 0.6 is 0 Å². The van der Waals surface area contributed by atoms with Crippen LogP contribution in [0.2, 0.25) is 0 Å². The summed E-state index contributed by atoms with van der Waals surface area (Å²) in [5, 5.41) is 3.59. The van der Waals surface area contributed by atoms with Crippen molar-refractivity contribution in [1.29, 1.82) is 0 Å². The lowest BCUT2D eigenvalue weighted by molar-refractivity contribution is -0.00876. The topological polar surface area (TPSA) is 30.5 Å². The van der Waals surface area contributed by atoms with Crippen LogP contribution in [0.3, 0.4) is 0 Å². The molecule has 0 heterocycles. The predicted octanol–water partition coefficient (Wildman–Crippen LogP) is 4.09. The molecule has 0 saturated heterocycles. The van der Waals surface area contributed by atoms with Gasteiger partial charge in [-0.25, -0.2) is 0 Å². The van der Waals surface area contributed by atoms with Gasteiger partial charge in [0.05, 0.1) is 25.4 Å². The van der Waals surface area contributed by atoms with Gasteiger partial charge in [-0.15, -0.1) is 0 Å². The van der Waals surface area contributed by atoms with Gasteiger partial charge in [0.1, 0.15) is 5.75 Å². The first kappa shape index (κ1) is 16.3. The van der Waals surface area contributed by atoms with Gasteiger partial charge in [-0.05, 0) is 56.3 Å². The number of nitrogens with one attached hydrogen (secondary N) is 1. The average molecular weight is 291 g/mol. The van der Waals surface area contributed by atoms with Crippen molar-refractivity contribution in [3.8, 4) is 5.75 Å². The molecule has 1 atom stereocenters. The summed E-state index contributed by atoms with van der Waals surface area (Å²) in [5.41, 5.74) is 1.28. The molecule has 1 aromatic carbocycles. The van der Waals surface area contributed by atoms with Gasteiger partial charge in [-0.1, -0.05) is 26.0 Å². The van der Waals surface area contributed by atoms with E-state index in [1.807, 2.05) is 0 Å². The quantitative estimate of drug-likeness (QED) is 0.704. The zero-order valence-corrected chi connectivity index (χ0v) is 13.4. The SMILES string of the molecule is CCCNC(COC1CCC1)c1ccc(OCCC)cc1. The van der Waals surface area contributed by atoms with E-state index in [1.165, 1.54) is 24.8 Å². The molecule has 0 radical (unpaired) electrons. The van der Waals surface area contributed by atoms with Crippen molar-refractivity contribution in [3.05, 3.63) is 29.8 Å². The lowest BCUT2D eigenvalue weighted by atomic mass is 9.96. The molecule has 1 unspecified atom stereocenters. The first-order valence-electron chi connectivity index (χ1n) is 8.41. The fourth-order valence-corrected chi connectivity index (χ4v) is 2.38. The Morgan fingerprint density at radius 3 is 2.48 bits per heavy atom. The standard InChI is InChI=1S/C18H29NO2/c1-3-12-19-18(14-21-16-6-5-7-16)15-8-10-17(11-9-15)20-13-4-2/h8-11,16,18-19H,3-7,12-14H2,1-2H3. The van der Waals surface area contributed by atoms with E-state index in [4.69, 9.17) is 9.47 Å². The van der Waals surface area contributed by atoms with Gasteiger partial charge in [0, 0.05) is 0 Å². The van der Waals surface area contributed by atoms with E-state index in [1.54, 1.807) is 0 Å². The van der Waals surface area contributed by atoms with Crippen molar-refractivity contribution in [1.82, 2.24) is 5.32 Å². The van der Waals surface area contributed by atoms with E-state index in [-0.39, 0.29) is 6.04 Å². The summed E-state index contributed by atoms with van der Waals surface area (Å²) < 4.78 is 11.6. The van der Waals surface area contributed by atoms with Crippen molar-refractivity contribution < 1.29 is 9.47 Å². The molecule has 2 rings (SSSR count). The van der Waals surface area contributed by atoms with Crippen LogP contribution in [0.25, 0.3) is 0 Å². The highest BCUT2D eigenvalue weighted by Crippen LogP contribution is 2.25. The summed E-state index contributed by atoms with van der Waals surface area (Å²) in [7, 11) is 0. The number of rotatable bonds is 10. The molecule has 0 amide bonds. The van der Waals surface area contributed by atoms with E-state index >= 15 is 0 Å². The Labute approximate surface area is 129 Å². The molecule has 0 bridgehead atoms. The van der Waals surface area contributed by atoms with Gasteiger partial charge in [-0.2, -0.15) is 0 Å². The fraction of sp³-hybridized carbons (Fsp3) is 0.667. The van der Waals surface area contributed by atoms with Gasteiger partial charge in [-0.3, -0.25) is 0 Å². The van der Waals surface area contributed by atoms with Gasteiger partial charge < -0.3 is 14.8 Å². The minimum Gasteiger partial charge on any atom is -0.494 e. The largest absolute Gasteiger partial charge is 0.494 e. The number of ether oxygens (including phenoxy) is 2. The van der Waals surface area contributed by atoms with Crippen LogP contribution in [0.4, 0.5) is 0 Å². The van der Waals surface area contributed by atoms with Crippen molar-refractivity contribution in [2.75, 3.05) is 19.8 Å². The highest BCUT2D eigenvalue weighted by Gasteiger charge is 2.20. The Morgan fingerprint density at radius 1 is 1.14 bits per heavy atom. The molecule has 1 aliphatic rings. The highest BCUT2D eigenvalue weighted by molar-refractivity contribution is 5.29. The van der Waals surface area contributed by atoms with Crippen molar-refractivity contribution in [3.63, 3.8) is 0 Å². The molecule has 3 heteroatoms. The summed E-state index contributed by atoms with van der Waals surface area (Å²) in [4.78, 5) is 0. The van der Waals surface area contributed by atoms with Gasteiger partial charge in [0.25, 0.3) is 0 Å². The third kappa shape index (κ3) is 5.33. The maximum absolute atomic E-state index is 5.99. The van der Waals surface area contributed by atoms with Crippen LogP contribution < -0.4 is 10.1 Å². The molecule has 21 heavy (non-hydrogen) atoms. The second kappa shape index (κ2) is 9.06. The molecule has 118 valence electrons. The third-order valence-electron chi connectivity index (χ3n) is 3.95. The van der Waals surface area contributed by atoms with Crippen LogP contribution in [0.15, 0.2) is 24.3 Å². The number of hydrogen-bond donors (Lipinski definition) is 1. The Bertz CT molecular complexity index is 387. The van der Waals surface area contributed by atoms with Crippen molar-refractivity contribution in [2.24, 2.45) is 0 Å². The summed E-state index contributed by atoms with van der Waals surface area (Å²) in [6.07, 6.45) is 6.44. The normalized spacial score (nSPS) is 16.5. The van der Waals surface area contributed by atoms with E-state index in [0.29, 0.717) is 6.10 Å². The minimum absolute atomic E-state index is 0.283. The summed E-state index contributed by atoms with van der Waals surface area (Å²) in [6.45, 7) is 6.88. The molecule has 1 N–H and O–H groups in total. The first-order chi connectivity index (χ1) is 10.3. The average Bonchev–Trinajstić information content (AvgIpc) is 2.47. The van der Waals surface area contributed by atoms with Crippen LogP contribution in [0.1, 0.15) is 57.6 Å². The van der Waals surface area contributed by atoms with Crippen LogP contribution in [0.5, 0.6) is 5.75 Å². The predicted molar refractivity (Wildman–Crippen MR) is 86.9 cm³/mol. The Hall–Kier alpha value is -1.06. The summed E-state index contributed by atoms with van der Waals surface area (Å²) in [6, 6.07) is 8.72. The van der Waals surface area contributed by atoms with Crippen molar-refractivity contribution >= 4 is 0 Å². The Morgan fingerprint density at radius 2 is 1.90 bits per heavy atom. The Balaban J connectivity index is 1.90. The van der Waals surface area contributed by atoms with Crippen molar-refractivity contribution in [2.45, 2.75) is 58.1 Å². The lowest BCUT2D eigenvalue weighted by Crippen LogP contribution is -2.30. The molecular formula is C18H29NO2. The second-order valence-electron chi connectivity index (χ2n) is 5.81. The maximum atomic E-state index is 5.99. The molecule has 3 nitrogen and oxygen atoms in total. The zero-order valence-electron chi connectivity index (χ0n) is 13.4. The van der Waals surface area contributed by atoms with Crippen LogP contribution in [-0.2, 0) is 4.74 Å². The van der Waals surface area contributed by atoms with Crippen LogP contribution in [0, 0.1) is 0 Å².